The summed E-state index contributed by atoms with van der Waals surface area (Å²) in [6.45, 7) is 11.9. The first-order valence-electron chi connectivity index (χ1n) is 8.13. The molecule has 2 aliphatic carbocycles. The normalized spacial score (nSPS) is 27.1. The van der Waals surface area contributed by atoms with Gasteiger partial charge in [-0.1, -0.05) is 57.5 Å². The van der Waals surface area contributed by atoms with Crippen LogP contribution < -0.4 is 0 Å². The van der Waals surface area contributed by atoms with Crippen LogP contribution in [0.25, 0.3) is 0 Å². The van der Waals surface area contributed by atoms with Crippen molar-refractivity contribution in [3.05, 3.63) is 46.5 Å². The van der Waals surface area contributed by atoms with Gasteiger partial charge in [-0.15, -0.1) is 0 Å². The highest BCUT2D eigenvalue weighted by molar-refractivity contribution is 5.46. The minimum atomic E-state index is 0.330. The quantitative estimate of drug-likeness (QED) is 0.560. The van der Waals surface area contributed by atoms with Gasteiger partial charge in [0, 0.05) is 5.92 Å². The van der Waals surface area contributed by atoms with Gasteiger partial charge in [0.25, 0.3) is 0 Å². The van der Waals surface area contributed by atoms with E-state index in [-0.39, 0.29) is 0 Å². The molecule has 1 unspecified atom stereocenters. The first kappa shape index (κ1) is 13.9. The molecule has 0 nitrogen and oxygen atoms in total. The number of hydrogen-bond donors (Lipinski definition) is 0. The van der Waals surface area contributed by atoms with Crippen LogP contribution in [-0.2, 0) is 10.8 Å². The first-order valence-corrected chi connectivity index (χ1v) is 8.13. The molecule has 1 aromatic rings. The summed E-state index contributed by atoms with van der Waals surface area (Å²) in [7, 11) is 0. The lowest BCUT2D eigenvalue weighted by Gasteiger charge is -2.42. The Morgan fingerprint density at radius 2 is 1.60 bits per heavy atom. The van der Waals surface area contributed by atoms with Crippen molar-refractivity contribution in [1.29, 1.82) is 0 Å². The number of benzene rings is 1. The van der Waals surface area contributed by atoms with Gasteiger partial charge in [-0.2, -0.15) is 0 Å². The topological polar surface area (TPSA) is 0 Å². The minimum absolute atomic E-state index is 0.330. The Balaban J connectivity index is 2.09. The Kier molecular flexibility index (Phi) is 3.12. The molecule has 0 heterocycles. The third-order valence-corrected chi connectivity index (χ3v) is 5.75. The Morgan fingerprint density at radius 3 is 2.20 bits per heavy atom. The second-order valence-corrected chi connectivity index (χ2v) is 8.15. The van der Waals surface area contributed by atoms with Crippen LogP contribution in [0.3, 0.4) is 0 Å². The Hall–Kier alpha value is -1.04. The Morgan fingerprint density at radius 1 is 0.950 bits per heavy atom. The third-order valence-electron chi connectivity index (χ3n) is 5.75. The van der Waals surface area contributed by atoms with Crippen molar-refractivity contribution >= 4 is 0 Å². The molecule has 0 saturated carbocycles. The molecule has 108 valence electrons. The summed E-state index contributed by atoms with van der Waals surface area (Å²) in [5.74, 6) is 0.668. The smallest absolute Gasteiger partial charge is 0.00484 e. The zero-order valence-corrected chi connectivity index (χ0v) is 13.7. The average Bonchev–Trinajstić information content (AvgIpc) is 2.81. The van der Waals surface area contributed by atoms with E-state index in [0.717, 1.165) is 0 Å². The zero-order valence-electron chi connectivity index (χ0n) is 13.7. The molecule has 2 aliphatic rings. The van der Waals surface area contributed by atoms with E-state index in [2.05, 4.69) is 58.9 Å². The van der Waals surface area contributed by atoms with E-state index in [1.807, 2.05) is 0 Å². The van der Waals surface area contributed by atoms with E-state index < -0.39 is 0 Å². The summed E-state index contributed by atoms with van der Waals surface area (Å²) in [4.78, 5) is 0. The van der Waals surface area contributed by atoms with E-state index >= 15 is 0 Å². The largest absolute Gasteiger partial charge is 0.0850 e. The Bertz CT molecular complexity index is 557. The van der Waals surface area contributed by atoms with Crippen molar-refractivity contribution in [2.45, 2.75) is 77.0 Å². The lowest BCUT2D eigenvalue weighted by atomic mass is 9.62. The van der Waals surface area contributed by atoms with Gasteiger partial charge < -0.3 is 0 Å². The van der Waals surface area contributed by atoms with Gasteiger partial charge in [0.1, 0.15) is 0 Å². The highest BCUT2D eigenvalue weighted by Gasteiger charge is 2.37. The third kappa shape index (κ3) is 2.14. The van der Waals surface area contributed by atoms with Crippen LogP contribution in [0.2, 0.25) is 0 Å². The van der Waals surface area contributed by atoms with E-state index in [4.69, 9.17) is 0 Å². The maximum atomic E-state index is 2.53. The molecule has 0 aromatic heterocycles. The molecule has 3 rings (SSSR count). The van der Waals surface area contributed by atoms with Crippen LogP contribution in [0.5, 0.6) is 0 Å². The van der Waals surface area contributed by atoms with Gasteiger partial charge in [-0.25, -0.2) is 0 Å². The molecule has 0 bridgehead atoms. The van der Waals surface area contributed by atoms with Crippen molar-refractivity contribution in [2.75, 3.05) is 0 Å². The van der Waals surface area contributed by atoms with Gasteiger partial charge in [-0.05, 0) is 60.1 Å². The molecule has 0 radical (unpaired) electrons. The van der Waals surface area contributed by atoms with Crippen molar-refractivity contribution in [2.24, 2.45) is 0 Å². The second-order valence-electron chi connectivity index (χ2n) is 8.15. The van der Waals surface area contributed by atoms with Crippen LogP contribution in [0.15, 0.2) is 29.8 Å². The molecular weight excluding hydrogens is 240 g/mol. The number of fused-ring (bicyclic) bond motifs is 1. The molecule has 20 heavy (non-hydrogen) atoms. The van der Waals surface area contributed by atoms with Gasteiger partial charge >= 0.3 is 0 Å². The van der Waals surface area contributed by atoms with E-state index in [0.29, 0.717) is 16.7 Å². The van der Waals surface area contributed by atoms with E-state index in [1.54, 1.807) is 22.3 Å². The van der Waals surface area contributed by atoms with Crippen molar-refractivity contribution in [1.82, 2.24) is 0 Å². The standard InChI is InChI=1S/C20H28/c1-14-7-6-8-16(14)15-9-10-17-18(13-15)20(4,5)12-11-19(17,2)3/h7,9-10,13,16H,6,8,11-12H2,1-5H3. The molecular formula is C20H28. The fraction of sp³-hybridized carbons (Fsp3) is 0.600. The summed E-state index contributed by atoms with van der Waals surface area (Å²) < 4.78 is 0. The van der Waals surface area contributed by atoms with Crippen LogP contribution in [0.1, 0.15) is 82.9 Å². The van der Waals surface area contributed by atoms with Crippen LogP contribution >= 0.6 is 0 Å². The Labute approximate surface area is 124 Å². The second kappa shape index (κ2) is 4.48. The molecule has 0 aliphatic heterocycles. The lowest BCUT2D eigenvalue weighted by molar-refractivity contribution is 0.331. The monoisotopic (exact) mass is 268 g/mol. The summed E-state index contributed by atoms with van der Waals surface area (Å²) >= 11 is 0. The molecule has 0 heteroatoms. The highest BCUT2D eigenvalue weighted by Crippen LogP contribution is 2.47. The SMILES string of the molecule is CC1=CCCC1c1ccc2c(c1)C(C)(C)CCC2(C)C. The molecule has 1 atom stereocenters. The zero-order chi connectivity index (χ0) is 14.5. The first-order chi connectivity index (χ1) is 9.31. The maximum Gasteiger partial charge on any atom is 0.00484 e. The molecule has 0 spiro atoms. The highest BCUT2D eigenvalue weighted by atomic mass is 14.4. The van der Waals surface area contributed by atoms with Gasteiger partial charge in [0.05, 0.1) is 0 Å². The van der Waals surface area contributed by atoms with Crippen LogP contribution in [0.4, 0.5) is 0 Å². The lowest BCUT2D eigenvalue weighted by Crippen LogP contribution is -2.34. The molecule has 0 saturated heterocycles. The van der Waals surface area contributed by atoms with Crippen LogP contribution in [0, 0.1) is 0 Å². The molecule has 0 N–H and O–H groups in total. The van der Waals surface area contributed by atoms with Gasteiger partial charge in [-0.3, -0.25) is 0 Å². The molecule has 0 fully saturated rings. The van der Waals surface area contributed by atoms with Crippen LogP contribution in [-0.4, -0.2) is 0 Å². The number of rotatable bonds is 1. The fourth-order valence-corrected chi connectivity index (χ4v) is 4.10. The van der Waals surface area contributed by atoms with E-state index in [9.17, 15) is 0 Å². The summed E-state index contributed by atoms with van der Waals surface area (Å²) in [6, 6.07) is 7.36. The average molecular weight is 268 g/mol. The van der Waals surface area contributed by atoms with E-state index in [1.165, 1.54) is 25.7 Å². The predicted octanol–water partition coefficient (Wildman–Crippen LogP) is 5.86. The van der Waals surface area contributed by atoms with Gasteiger partial charge in [0.15, 0.2) is 0 Å². The van der Waals surface area contributed by atoms with Crippen molar-refractivity contribution < 1.29 is 0 Å². The van der Waals surface area contributed by atoms with Crippen molar-refractivity contribution in [3.63, 3.8) is 0 Å². The number of allylic oxidation sites excluding steroid dienone is 2. The van der Waals surface area contributed by atoms with Crippen molar-refractivity contribution in [3.8, 4) is 0 Å². The summed E-state index contributed by atoms with van der Waals surface area (Å²) in [5, 5.41) is 0. The maximum absolute atomic E-state index is 2.53. The number of hydrogen-bond acceptors (Lipinski definition) is 0. The molecule has 0 amide bonds. The molecule has 1 aromatic carbocycles. The van der Waals surface area contributed by atoms with Gasteiger partial charge in [0.2, 0.25) is 0 Å². The fourth-order valence-electron chi connectivity index (χ4n) is 4.10. The summed E-state index contributed by atoms with van der Waals surface area (Å²) in [5.41, 5.74) is 6.96. The summed E-state index contributed by atoms with van der Waals surface area (Å²) in [6.07, 6.45) is 7.57. The predicted molar refractivity (Wildman–Crippen MR) is 87.5 cm³/mol. The minimum Gasteiger partial charge on any atom is -0.0850 e.